The molecule has 3 rings (SSSR count). The molecule has 126 valence electrons. The van der Waals surface area contributed by atoms with Crippen LogP contribution in [0.4, 0.5) is 5.69 Å². The number of nitriles is 1. The number of nitrogens with zero attached hydrogens (tertiary/aromatic N) is 3. The average Bonchev–Trinajstić information content (AvgIpc) is 2.65. The van der Waals surface area contributed by atoms with Crippen LogP contribution in [0.1, 0.15) is 23.6 Å². The van der Waals surface area contributed by atoms with Gasteiger partial charge in [0, 0.05) is 20.0 Å². The zero-order chi connectivity index (χ0) is 17.8. The highest BCUT2D eigenvalue weighted by Crippen LogP contribution is 2.22. The molecule has 0 atom stereocenters. The summed E-state index contributed by atoms with van der Waals surface area (Å²) in [4.78, 5) is 28.0. The highest BCUT2D eigenvalue weighted by Gasteiger charge is 2.24. The van der Waals surface area contributed by atoms with Gasteiger partial charge in [0.05, 0.1) is 11.3 Å². The van der Waals surface area contributed by atoms with Gasteiger partial charge in [0.15, 0.2) is 0 Å². The van der Waals surface area contributed by atoms with Gasteiger partial charge in [-0.15, -0.1) is 0 Å². The van der Waals surface area contributed by atoms with Crippen molar-refractivity contribution < 1.29 is 9.59 Å². The summed E-state index contributed by atoms with van der Waals surface area (Å²) in [5.41, 5.74) is 3.27. The lowest BCUT2D eigenvalue weighted by Crippen LogP contribution is -2.44. The van der Waals surface area contributed by atoms with Crippen molar-refractivity contribution in [1.29, 1.82) is 5.26 Å². The van der Waals surface area contributed by atoms with E-state index < -0.39 is 0 Å². The molecule has 2 aromatic carbocycles. The maximum absolute atomic E-state index is 12.7. The normalized spacial score (nSPS) is 12.9. The smallest absolute Gasteiger partial charge is 0.242 e. The summed E-state index contributed by atoms with van der Waals surface area (Å²) in [6.45, 7) is 2.55. The van der Waals surface area contributed by atoms with E-state index >= 15 is 0 Å². The molecular weight excluding hydrogens is 314 g/mol. The average molecular weight is 333 g/mol. The zero-order valence-corrected chi connectivity index (χ0v) is 14.1. The molecule has 0 fully saturated rings. The van der Waals surface area contributed by atoms with Crippen LogP contribution in [0.25, 0.3) is 0 Å². The molecule has 5 nitrogen and oxygen atoms in total. The summed E-state index contributed by atoms with van der Waals surface area (Å²) in [5.74, 6) is -0.370. The van der Waals surface area contributed by atoms with E-state index in [1.165, 1.54) is 17.4 Å². The Morgan fingerprint density at radius 3 is 2.52 bits per heavy atom. The molecule has 0 aromatic heterocycles. The highest BCUT2D eigenvalue weighted by atomic mass is 16.2. The van der Waals surface area contributed by atoms with E-state index in [4.69, 9.17) is 0 Å². The van der Waals surface area contributed by atoms with Crippen molar-refractivity contribution in [1.82, 2.24) is 4.90 Å². The molecule has 5 heteroatoms. The van der Waals surface area contributed by atoms with E-state index in [-0.39, 0.29) is 18.4 Å². The third kappa shape index (κ3) is 3.53. The second kappa shape index (κ2) is 7.18. The predicted molar refractivity (Wildman–Crippen MR) is 94.7 cm³/mol. The van der Waals surface area contributed by atoms with Crippen LogP contribution in [-0.2, 0) is 22.6 Å². The van der Waals surface area contributed by atoms with Crippen LogP contribution in [0.5, 0.6) is 0 Å². The number of hydrogen-bond acceptors (Lipinski definition) is 3. The van der Waals surface area contributed by atoms with Gasteiger partial charge in [-0.3, -0.25) is 9.59 Å². The summed E-state index contributed by atoms with van der Waals surface area (Å²) in [7, 11) is 0. The Morgan fingerprint density at radius 2 is 1.80 bits per heavy atom. The Labute approximate surface area is 147 Å². The van der Waals surface area contributed by atoms with Crippen LogP contribution in [0.2, 0.25) is 0 Å². The van der Waals surface area contributed by atoms with Crippen LogP contribution < -0.4 is 4.90 Å². The third-order valence-corrected chi connectivity index (χ3v) is 4.47. The minimum Gasteiger partial charge on any atom is -0.336 e. The van der Waals surface area contributed by atoms with E-state index in [1.807, 2.05) is 18.2 Å². The summed E-state index contributed by atoms with van der Waals surface area (Å²) in [6.07, 6.45) is 0.816. The number of rotatable bonds is 3. The number of anilines is 1. The van der Waals surface area contributed by atoms with E-state index in [1.54, 1.807) is 29.2 Å². The Morgan fingerprint density at radius 1 is 1.12 bits per heavy atom. The SMILES string of the molecule is CC(=O)N(CC(=O)N1CCc2ccccc2C1)c1ccccc1C#N. The van der Waals surface area contributed by atoms with E-state index in [9.17, 15) is 14.9 Å². The van der Waals surface area contributed by atoms with Gasteiger partial charge in [0.1, 0.15) is 12.6 Å². The largest absolute Gasteiger partial charge is 0.336 e. The van der Waals surface area contributed by atoms with Gasteiger partial charge in [-0.25, -0.2) is 0 Å². The molecule has 1 heterocycles. The topological polar surface area (TPSA) is 64.4 Å². The molecule has 25 heavy (non-hydrogen) atoms. The van der Waals surface area contributed by atoms with Crippen molar-refractivity contribution in [3.05, 3.63) is 65.2 Å². The second-order valence-corrected chi connectivity index (χ2v) is 6.07. The summed E-state index contributed by atoms with van der Waals surface area (Å²) in [5, 5.41) is 9.26. The molecule has 0 saturated heterocycles. The maximum atomic E-state index is 12.7. The molecule has 0 radical (unpaired) electrons. The van der Waals surface area contributed by atoms with E-state index in [0.717, 1.165) is 12.0 Å². The quantitative estimate of drug-likeness (QED) is 0.867. The number of fused-ring (bicyclic) bond motifs is 1. The number of amides is 2. The first-order valence-corrected chi connectivity index (χ1v) is 8.22. The molecule has 0 unspecified atom stereocenters. The third-order valence-electron chi connectivity index (χ3n) is 4.47. The lowest BCUT2D eigenvalue weighted by Gasteiger charge is -2.31. The molecule has 1 aliphatic heterocycles. The van der Waals surface area contributed by atoms with Gasteiger partial charge < -0.3 is 9.80 Å². The Bertz CT molecular complexity index is 854. The van der Waals surface area contributed by atoms with Crippen LogP contribution >= 0.6 is 0 Å². The molecule has 0 N–H and O–H groups in total. The maximum Gasteiger partial charge on any atom is 0.242 e. The minimum absolute atomic E-state index is 0.0593. The van der Waals surface area contributed by atoms with Gasteiger partial charge in [0.25, 0.3) is 0 Å². The lowest BCUT2D eigenvalue weighted by molar-refractivity contribution is -0.132. The molecular formula is C20H19N3O2. The number of benzene rings is 2. The molecule has 0 saturated carbocycles. The fourth-order valence-electron chi connectivity index (χ4n) is 3.11. The Balaban J connectivity index is 1.79. The van der Waals surface area contributed by atoms with Gasteiger partial charge in [-0.05, 0) is 29.7 Å². The minimum atomic E-state index is -0.256. The summed E-state index contributed by atoms with van der Waals surface area (Å²) >= 11 is 0. The van der Waals surface area contributed by atoms with Crippen LogP contribution in [0, 0.1) is 11.3 Å². The van der Waals surface area contributed by atoms with Crippen molar-refractivity contribution >= 4 is 17.5 Å². The number of carbonyl (C=O) groups is 2. The Kier molecular flexibility index (Phi) is 4.80. The van der Waals surface area contributed by atoms with Crippen LogP contribution in [-0.4, -0.2) is 29.8 Å². The fraction of sp³-hybridized carbons (Fsp3) is 0.250. The number of carbonyl (C=O) groups excluding carboxylic acids is 2. The summed E-state index contributed by atoms with van der Waals surface area (Å²) in [6, 6.07) is 17.0. The van der Waals surface area contributed by atoms with Crippen molar-refractivity contribution in [3.63, 3.8) is 0 Å². The Hall–Kier alpha value is -3.13. The first-order chi connectivity index (χ1) is 12.1. The second-order valence-electron chi connectivity index (χ2n) is 6.07. The van der Waals surface area contributed by atoms with E-state index in [0.29, 0.717) is 24.3 Å². The standard InChI is InChI=1S/C20H19N3O2/c1-15(24)23(19-9-5-4-7-17(19)12-21)14-20(25)22-11-10-16-6-2-3-8-18(16)13-22/h2-9H,10-11,13-14H2,1H3. The number of hydrogen-bond donors (Lipinski definition) is 0. The van der Waals surface area contributed by atoms with E-state index in [2.05, 4.69) is 12.1 Å². The molecule has 0 bridgehead atoms. The predicted octanol–water partition coefficient (Wildman–Crippen LogP) is 2.50. The van der Waals surface area contributed by atoms with Crippen molar-refractivity contribution in [2.45, 2.75) is 19.9 Å². The van der Waals surface area contributed by atoms with Gasteiger partial charge >= 0.3 is 0 Å². The molecule has 0 aliphatic carbocycles. The van der Waals surface area contributed by atoms with Gasteiger partial charge in [-0.1, -0.05) is 36.4 Å². The van der Waals surface area contributed by atoms with Crippen molar-refractivity contribution in [2.24, 2.45) is 0 Å². The zero-order valence-electron chi connectivity index (χ0n) is 14.1. The first kappa shape index (κ1) is 16.7. The molecule has 0 spiro atoms. The number of para-hydroxylation sites is 1. The van der Waals surface area contributed by atoms with Gasteiger partial charge in [0.2, 0.25) is 11.8 Å². The monoisotopic (exact) mass is 333 g/mol. The first-order valence-electron chi connectivity index (χ1n) is 8.22. The fourth-order valence-corrected chi connectivity index (χ4v) is 3.11. The van der Waals surface area contributed by atoms with Crippen molar-refractivity contribution in [2.75, 3.05) is 18.0 Å². The molecule has 1 aliphatic rings. The molecule has 2 aromatic rings. The summed E-state index contributed by atoms with van der Waals surface area (Å²) < 4.78 is 0. The van der Waals surface area contributed by atoms with Gasteiger partial charge in [-0.2, -0.15) is 5.26 Å². The molecule has 2 amide bonds. The lowest BCUT2D eigenvalue weighted by atomic mass is 10.00. The van der Waals surface area contributed by atoms with Crippen molar-refractivity contribution in [3.8, 4) is 6.07 Å². The van der Waals surface area contributed by atoms with Crippen LogP contribution in [0.15, 0.2) is 48.5 Å². The van der Waals surface area contributed by atoms with Crippen LogP contribution in [0.3, 0.4) is 0 Å². The highest BCUT2D eigenvalue weighted by molar-refractivity contribution is 5.98.